The molecule has 1 atom stereocenters. The Hall–Kier alpha value is -2.52. The Kier molecular flexibility index (Phi) is 5.66. The lowest BCUT2D eigenvalue weighted by Gasteiger charge is -2.27. The summed E-state index contributed by atoms with van der Waals surface area (Å²) >= 11 is 0. The van der Waals surface area contributed by atoms with Crippen molar-refractivity contribution in [1.82, 2.24) is 15.5 Å². The van der Waals surface area contributed by atoms with Gasteiger partial charge in [0.1, 0.15) is 11.9 Å². The van der Waals surface area contributed by atoms with Crippen molar-refractivity contribution in [2.45, 2.75) is 25.3 Å². The quantitative estimate of drug-likeness (QED) is 0.687. The van der Waals surface area contributed by atoms with Gasteiger partial charge in [-0.25, -0.2) is 4.39 Å². The van der Waals surface area contributed by atoms with E-state index in [0.29, 0.717) is 19.6 Å². The molecule has 0 aromatic heterocycles. The highest BCUT2D eigenvalue weighted by molar-refractivity contribution is 6.23. The van der Waals surface area contributed by atoms with Gasteiger partial charge in [-0.3, -0.25) is 29.4 Å². The smallest absolute Gasteiger partial charge is 0.262 e. The van der Waals surface area contributed by atoms with Crippen LogP contribution in [-0.2, 0) is 9.59 Å². The first-order valence-corrected chi connectivity index (χ1v) is 8.98. The molecule has 0 aliphatic carbocycles. The fraction of sp³-hybridized carbons (Fsp3) is 0.444. The highest BCUT2D eigenvalue weighted by atomic mass is 35.5. The minimum absolute atomic E-state index is 0. The number of amides is 4. The summed E-state index contributed by atoms with van der Waals surface area (Å²) < 4.78 is 14.7. The number of nitrogens with one attached hydrogen (secondary N) is 2. The Morgan fingerprint density at radius 3 is 2.43 bits per heavy atom. The van der Waals surface area contributed by atoms with Crippen LogP contribution in [0.15, 0.2) is 12.1 Å². The van der Waals surface area contributed by atoms with Gasteiger partial charge in [0.05, 0.1) is 16.8 Å². The maximum absolute atomic E-state index is 14.7. The van der Waals surface area contributed by atoms with Crippen LogP contribution < -0.4 is 15.5 Å². The number of halogens is 2. The molecule has 28 heavy (non-hydrogen) atoms. The van der Waals surface area contributed by atoms with Crippen LogP contribution >= 0.6 is 12.4 Å². The van der Waals surface area contributed by atoms with E-state index in [2.05, 4.69) is 10.6 Å². The summed E-state index contributed by atoms with van der Waals surface area (Å²) in [5, 5.41) is 5.37. The number of nitrogens with zero attached hydrogens (tertiary/aromatic N) is 2. The van der Waals surface area contributed by atoms with Crippen molar-refractivity contribution in [1.29, 1.82) is 0 Å². The molecule has 10 heteroatoms. The van der Waals surface area contributed by atoms with Crippen molar-refractivity contribution >= 4 is 41.7 Å². The molecule has 0 radical (unpaired) electrons. The van der Waals surface area contributed by atoms with Gasteiger partial charge in [-0.1, -0.05) is 0 Å². The maximum atomic E-state index is 14.7. The fourth-order valence-corrected chi connectivity index (χ4v) is 3.81. The highest BCUT2D eigenvalue weighted by Gasteiger charge is 2.45. The van der Waals surface area contributed by atoms with Crippen LogP contribution in [0.3, 0.4) is 0 Å². The molecule has 3 aliphatic heterocycles. The first kappa shape index (κ1) is 20.2. The van der Waals surface area contributed by atoms with Gasteiger partial charge in [0.25, 0.3) is 11.8 Å². The number of hydrogen-bond donors (Lipinski definition) is 2. The Balaban J connectivity index is 0.00000225. The number of imide groups is 2. The second-order valence-corrected chi connectivity index (χ2v) is 6.89. The van der Waals surface area contributed by atoms with Crippen molar-refractivity contribution in [3.63, 3.8) is 0 Å². The molecule has 2 saturated heterocycles. The number of anilines is 1. The normalized spacial score (nSPS) is 22.5. The fourth-order valence-electron chi connectivity index (χ4n) is 3.81. The largest absolute Gasteiger partial charge is 0.368 e. The molecule has 0 bridgehead atoms. The van der Waals surface area contributed by atoms with E-state index in [-0.39, 0.29) is 42.1 Å². The first-order valence-electron chi connectivity index (χ1n) is 8.98. The van der Waals surface area contributed by atoms with Crippen molar-refractivity contribution < 1.29 is 23.6 Å². The number of hydrogen-bond acceptors (Lipinski definition) is 6. The van der Waals surface area contributed by atoms with Crippen molar-refractivity contribution in [3.05, 3.63) is 29.1 Å². The molecule has 150 valence electrons. The third-order valence-corrected chi connectivity index (χ3v) is 5.19. The molecule has 3 heterocycles. The Morgan fingerprint density at radius 2 is 1.71 bits per heavy atom. The summed E-state index contributed by atoms with van der Waals surface area (Å²) in [6, 6.07) is 1.43. The van der Waals surface area contributed by atoms with E-state index in [4.69, 9.17) is 0 Å². The third-order valence-electron chi connectivity index (χ3n) is 5.19. The lowest BCUT2D eigenvalue weighted by Crippen LogP contribution is -2.54. The van der Waals surface area contributed by atoms with Crippen LogP contribution in [0.25, 0.3) is 0 Å². The zero-order valence-corrected chi connectivity index (χ0v) is 15.8. The van der Waals surface area contributed by atoms with Crippen molar-refractivity contribution in [2.75, 3.05) is 31.1 Å². The van der Waals surface area contributed by atoms with E-state index in [9.17, 15) is 23.6 Å². The van der Waals surface area contributed by atoms with E-state index in [1.54, 1.807) is 0 Å². The molecule has 3 aliphatic rings. The van der Waals surface area contributed by atoms with Gasteiger partial charge in [0.2, 0.25) is 11.8 Å². The van der Waals surface area contributed by atoms with Gasteiger partial charge in [-0.15, -0.1) is 12.4 Å². The summed E-state index contributed by atoms with van der Waals surface area (Å²) in [5.74, 6) is -3.01. The van der Waals surface area contributed by atoms with E-state index in [0.717, 1.165) is 23.9 Å². The number of fused-ring (bicyclic) bond motifs is 1. The topological polar surface area (TPSA) is 98.8 Å². The van der Waals surface area contributed by atoms with Crippen molar-refractivity contribution in [3.8, 4) is 0 Å². The minimum atomic E-state index is -1.05. The molecule has 0 saturated carbocycles. The maximum Gasteiger partial charge on any atom is 0.262 e. The van der Waals surface area contributed by atoms with Crippen LogP contribution in [0.1, 0.15) is 40.0 Å². The van der Waals surface area contributed by atoms with Crippen LogP contribution in [0.4, 0.5) is 10.1 Å². The van der Waals surface area contributed by atoms with Crippen LogP contribution in [0.5, 0.6) is 0 Å². The second kappa shape index (κ2) is 7.84. The summed E-state index contributed by atoms with van der Waals surface area (Å²) in [6.45, 7) is 2.77. The van der Waals surface area contributed by atoms with E-state index < -0.39 is 35.5 Å². The highest BCUT2D eigenvalue weighted by Crippen LogP contribution is 2.32. The molecule has 2 N–H and O–H groups in total. The number of benzene rings is 1. The van der Waals surface area contributed by atoms with E-state index in [1.807, 2.05) is 4.90 Å². The molecule has 1 unspecified atom stereocenters. The Morgan fingerprint density at radius 1 is 1.00 bits per heavy atom. The predicted molar refractivity (Wildman–Crippen MR) is 100 cm³/mol. The predicted octanol–water partition coefficient (Wildman–Crippen LogP) is 0.448. The SMILES string of the molecule is Cl.O=C1CCC(N2C(=O)c3cc(F)c(N4CCCNCC4)cc3C2=O)C(=O)N1. The standard InChI is InChI=1S/C18H19FN4O4.ClH/c19-12-8-10-11(9-14(12)22-6-1-4-20-5-7-22)18(27)23(17(10)26)13-2-3-15(24)21-16(13)25;/h8-9,13,20H,1-7H2,(H,21,24,25);1H. The molecule has 1 aromatic carbocycles. The van der Waals surface area contributed by atoms with Crippen molar-refractivity contribution in [2.24, 2.45) is 0 Å². The number of carbonyl (C=O) groups is 4. The zero-order valence-electron chi connectivity index (χ0n) is 15.0. The average molecular weight is 411 g/mol. The molecular formula is C18H20ClFN4O4. The lowest BCUT2D eigenvalue weighted by atomic mass is 10.0. The summed E-state index contributed by atoms with van der Waals surface area (Å²) in [4.78, 5) is 51.6. The summed E-state index contributed by atoms with van der Waals surface area (Å²) in [6.07, 6.45) is 0.958. The molecule has 2 fully saturated rings. The lowest BCUT2D eigenvalue weighted by molar-refractivity contribution is -0.136. The average Bonchev–Trinajstić information content (AvgIpc) is 2.83. The molecule has 1 aromatic rings. The molecular weight excluding hydrogens is 391 g/mol. The first-order chi connectivity index (χ1) is 13.0. The number of carbonyl (C=O) groups excluding carboxylic acids is 4. The molecule has 0 spiro atoms. The van der Waals surface area contributed by atoms with Gasteiger partial charge in [-0.05, 0) is 31.5 Å². The Bertz CT molecular complexity index is 854. The van der Waals surface area contributed by atoms with Gasteiger partial charge in [0, 0.05) is 26.1 Å². The summed E-state index contributed by atoms with van der Waals surface area (Å²) in [7, 11) is 0. The molecule has 8 nitrogen and oxygen atoms in total. The van der Waals surface area contributed by atoms with E-state index in [1.165, 1.54) is 6.07 Å². The zero-order chi connectivity index (χ0) is 19.1. The van der Waals surface area contributed by atoms with Gasteiger partial charge in [-0.2, -0.15) is 0 Å². The van der Waals surface area contributed by atoms with Gasteiger partial charge in [0.15, 0.2) is 0 Å². The second-order valence-electron chi connectivity index (χ2n) is 6.89. The molecule has 4 rings (SSSR count). The van der Waals surface area contributed by atoms with Gasteiger partial charge < -0.3 is 10.2 Å². The Labute approximate surface area is 166 Å². The van der Waals surface area contributed by atoms with Crippen LogP contribution in [0, 0.1) is 5.82 Å². The minimum Gasteiger partial charge on any atom is -0.368 e. The van der Waals surface area contributed by atoms with E-state index >= 15 is 0 Å². The molecule has 4 amide bonds. The van der Waals surface area contributed by atoms with Crippen LogP contribution in [-0.4, -0.2) is 60.7 Å². The third kappa shape index (κ3) is 3.35. The number of piperidine rings is 1. The number of rotatable bonds is 2. The van der Waals surface area contributed by atoms with Gasteiger partial charge >= 0.3 is 0 Å². The summed E-state index contributed by atoms with van der Waals surface area (Å²) in [5.41, 5.74) is 0.334. The monoisotopic (exact) mass is 410 g/mol. The van der Waals surface area contributed by atoms with Crippen LogP contribution in [0.2, 0.25) is 0 Å².